The van der Waals surface area contributed by atoms with Gasteiger partial charge in [0.2, 0.25) is 11.8 Å². The molecule has 0 aliphatic rings. The van der Waals surface area contributed by atoms with E-state index in [1.54, 1.807) is 18.8 Å². The van der Waals surface area contributed by atoms with Crippen molar-refractivity contribution in [3.05, 3.63) is 41.1 Å². The molecule has 21 heavy (non-hydrogen) atoms. The average molecular weight is 288 g/mol. The van der Waals surface area contributed by atoms with E-state index in [0.29, 0.717) is 17.1 Å². The first-order valence-electron chi connectivity index (χ1n) is 6.64. The molecular formula is C15H20N4O2. The van der Waals surface area contributed by atoms with Crippen LogP contribution in [0, 0.1) is 13.8 Å². The minimum absolute atomic E-state index is 0.482. The van der Waals surface area contributed by atoms with E-state index < -0.39 is 11.9 Å². The molecule has 2 aromatic rings. The number of primary amides is 1. The van der Waals surface area contributed by atoms with Gasteiger partial charge in [-0.1, -0.05) is 17.7 Å². The molecule has 1 unspecified atom stereocenters. The van der Waals surface area contributed by atoms with Gasteiger partial charge >= 0.3 is 0 Å². The zero-order valence-electron chi connectivity index (χ0n) is 12.7. The normalized spacial score (nSPS) is 12.0. The number of methoxy groups -OCH3 is 1. The number of carbonyl (C=O) groups is 1. The summed E-state index contributed by atoms with van der Waals surface area (Å²) in [6.07, 6.45) is 0. The highest BCUT2D eigenvalue weighted by Crippen LogP contribution is 2.30. The lowest BCUT2D eigenvalue weighted by Crippen LogP contribution is -2.28. The Labute approximate surface area is 123 Å². The van der Waals surface area contributed by atoms with Crippen molar-refractivity contribution in [2.24, 2.45) is 12.8 Å². The fourth-order valence-corrected chi connectivity index (χ4v) is 2.33. The molecule has 1 amide bonds. The topological polar surface area (TPSA) is 82.2 Å². The van der Waals surface area contributed by atoms with Gasteiger partial charge in [0.25, 0.3) is 0 Å². The molecule has 2 rings (SSSR count). The van der Waals surface area contributed by atoms with Crippen LogP contribution in [0.5, 0.6) is 5.88 Å². The molecular weight excluding hydrogens is 268 g/mol. The fourth-order valence-electron chi connectivity index (χ4n) is 2.33. The molecule has 1 atom stereocenters. The number of aromatic nitrogens is 2. The summed E-state index contributed by atoms with van der Waals surface area (Å²) >= 11 is 0. The Bertz CT molecular complexity index is 646. The number of amides is 1. The first-order valence-corrected chi connectivity index (χ1v) is 6.64. The van der Waals surface area contributed by atoms with Crippen LogP contribution in [0.15, 0.2) is 24.3 Å². The summed E-state index contributed by atoms with van der Waals surface area (Å²) in [5, 5.41) is 7.43. The lowest BCUT2D eigenvalue weighted by molar-refractivity contribution is -0.118. The van der Waals surface area contributed by atoms with Gasteiger partial charge < -0.3 is 15.8 Å². The number of nitrogens with one attached hydrogen (secondary N) is 1. The largest absolute Gasteiger partial charge is 0.481 e. The second-order valence-electron chi connectivity index (χ2n) is 4.98. The number of hydrogen-bond acceptors (Lipinski definition) is 4. The van der Waals surface area contributed by atoms with Crippen LogP contribution in [0.25, 0.3) is 0 Å². The van der Waals surface area contributed by atoms with Crippen LogP contribution in [0.3, 0.4) is 0 Å². The minimum Gasteiger partial charge on any atom is -0.481 e. The van der Waals surface area contributed by atoms with Crippen LogP contribution in [-0.2, 0) is 11.8 Å². The second-order valence-corrected chi connectivity index (χ2v) is 4.98. The first kappa shape index (κ1) is 14.9. The number of ether oxygens (including phenoxy) is 1. The number of benzene rings is 1. The van der Waals surface area contributed by atoms with E-state index >= 15 is 0 Å². The molecule has 6 heteroatoms. The summed E-state index contributed by atoms with van der Waals surface area (Å²) in [4.78, 5) is 11.9. The monoisotopic (exact) mass is 288 g/mol. The number of nitrogens with zero attached hydrogens (tertiary/aromatic N) is 2. The second kappa shape index (κ2) is 5.87. The van der Waals surface area contributed by atoms with Crippen molar-refractivity contribution in [2.45, 2.75) is 19.9 Å². The predicted molar refractivity (Wildman–Crippen MR) is 81.2 cm³/mol. The van der Waals surface area contributed by atoms with E-state index in [4.69, 9.17) is 10.5 Å². The Kier molecular flexibility index (Phi) is 4.16. The summed E-state index contributed by atoms with van der Waals surface area (Å²) in [6.45, 7) is 3.83. The Morgan fingerprint density at radius 1 is 1.33 bits per heavy atom. The lowest BCUT2D eigenvalue weighted by Gasteiger charge is -2.18. The molecule has 0 saturated carbocycles. The third-order valence-corrected chi connectivity index (χ3v) is 3.34. The molecule has 0 saturated heterocycles. The molecule has 0 spiro atoms. The summed E-state index contributed by atoms with van der Waals surface area (Å²) < 4.78 is 6.93. The number of anilines is 1. The maximum absolute atomic E-state index is 11.9. The van der Waals surface area contributed by atoms with E-state index in [9.17, 15) is 4.79 Å². The molecule has 0 aliphatic heterocycles. The van der Waals surface area contributed by atoms with Crippen LogP contribution < -0.4 is 15.8 Å². The van der Waals surface area contributed by atoms with Gasteiger partial charge in [-0.05, 0) is 26.0 Å². The van der Waals surface area contributed by atoms with E-state index in [-0.39, 0.29) is 0 Å². The highest BCUT2D eigenvalue weighted by Gasteiger charge is 2.27. The van der Waals surface area contributed by atoms with Crippen LogP contribution in [0.1, 0.15) is 22.9 Å². The van der Waals surface area contributed by atoms with Gasteiger partial charge in [0, 0.05) is 12.7 Å². The van der Waals surface area contributed by atoms with Gasteiger partial charge in [-0.3, -0.25) is 4.79 Å². The van der Waals surface area contributed by atoms with E-state index in [0.717, 1.165) is 11.3 Å². The quantitative estimate of drug-likeness (QED) is 0.877. The Balaban J connectivity index is 2.40. The van der Waals surface area contributed by atoms with Crippen molar-refractivity contribution in [1.29, 1.82) is 0 Å². The molecule has 0 radical (unpaired) electrons. The molecule has 0 fully saturated rings. The summed E-state index contributed by atoms with van der Waals surface area (Å²) in [7, 11) is 3.31. The predicted octanol–water partition coefficient (Wildman–Crippen LogP) is 1.68. The number of hydrogen-bond donors (Lipinski definition) is 2. The molecule has 0 aliphatic carbocycles. The molecule has 0 bridgehead atoms. The van der Waals surface area contributed by atoms with Crippen LogP contribution in [-0.4, -0.2) is 22.8 Å². The highest BCUT2D eigenvalue weighted by molar-refractivity contribution is 5.85. The van der Waals surface area contributed by atoms with Crippen LogP contribution >= 0.6 is 0 Å². The third kappa shape index (κ3) is 2.99. The SMILES string of the molecule is COc1c(C(Nc2ccc(C)cc2)C(N)=O)c(C)nn1C. The third-order valence-electron chi connectivity index (χ3n) is 3.34. The van der Waals surface area contributed by atoms with Gasteiger partial charge in [-0.25, -0.2) is 4.68 Å². The van der Waals surface area contributed by atoms with Gasteiger partial charge in [0.05, 0.1) is 18.4 Å². The minimum atomic E-state index is -0.698. The summed E-state index contributed by atoms with van der Waals surface area (Å²) in [5.74, 6) is 0.0425. The Morgan fingerprint density at radius 3 is 2.48 bits per heavy atom. The maximum Gasteiger partial charge on any atom is 0.244 e. The van der Waals surface area contributed by atoms with Gasteiger partial charge in [0.15, 0.2) is 0 Å². The van der Waals surface area contributed by atoms with Gasteiger partial charge in [0.1, 0.15) is 6.04 Å². The lowest BCUT2D eigenvalue weighted by atomic mass is 10.1. The zero-order chi connectivity index (χ0) is 15.6. The Morgan fingerprint density at radius 2 is 1.95 bits per heavy atom. The number of rotatable bonds is 5. The van der Waals surface area contributed by atoms with Crippen LogP contribution in [0.2, 0.25) is 0 Å². The van der Waals surface area contributed by atoms with Crippen LogP contribution in [0.4, 0.5) is 5.69 Å². The van der Waals surface area contributed by atoms with Crippen molar-refractivity contribution in [3.63, 3.8) is 0 Å². The van der Waals surface area contributed by atoms with Crippen molar-refractivity contribution in [3.8, 4) is 5.88 Å². The number of nitrogens with two attached hydrogens (primary N) is 1. The van der Waals surface area contributed by atoms with Gasteiger partial charge in [-0.2, -0.15) is 5.10 Å². The fraction of sp³-hybridized carbons (Fsp3) is 0.333. The highest BCUT2D eigenvalue weighted by atomic mass is 16.5. The number of carbonyl (C=O) groups excluding carboxylic acids is 1. The Hall–Kier alpha value is -2.50. The molecule has 112 valence electrons. The van der Waals surface area contributed by atoms with Gasteiger partial charge in [-0.15, -0.1) is 0 Å². The summed E-state index contributed by atoms with van der Waals surface area (Å²) in [6, 6.07) is 7.05. The standard InChI is InChI=1S/C15H20N4O2/c1-9-5-7-11(8-6-9)17-13(14(16)20)12-10(2)18-19(3)15(12)21-4/h5-8,13,17H,1-4H3,(H2,16,20). The van der Waals surface area contributed by atoms with Crippen molar-refractivity contribution < 1.29 is 9.53 Å². The molecule has 6 nitrogen and oxygen atoms in total. The summed E-state index contributed by atoms with van der Waals surface area (Å²) in [5.41, 5.74) is 8.88. The smallest absolute Gasteiger partial charge is 0.244 e. The number of aryl methyl sites for hydroxylation is 3. The van der Waals surface area contributed by atoms with E-state index in [1.807, 2.05) is 38.1 Å². The molecule has 1 aromatic heterocycles. The van der Waals surface area contributed by atoms with Crippen molar-refractivity contribution in [2.75, 3.05) is 12.4 Å². The van der Waals surface area contributed by atoms with Crippen molar-refractivity contribution >= 4 is 11.6 Å². The first-order chi connectivity index (χ1) is 9.93. The maximum atomic E-state index is 11.9. The zero-order valence-corrected chi connectivity index (χ0v) is 12.7. The van der Waals surface area contributed by atoms with E-state index in [2.05, 4.69) is 10.4 Å². The molecule has 3 N–H and O–H groups in total. The molecule has 1 heterocycles. The van der Waals surface area contributed by atoms with E-state index in [1.165, 1.54) is 0 Å². The molecule has 1 aromatic carbocycles. The average Bonchev–Trinajstić information content (AvgIpc) is 2.71. The van der Waals surface area contributed by atoms with Crippen molar-refractivity contribution in [1.82, 2.24) is 9.78 Å².